The quantitative estimate of drug-likeness (QED) is 0.676. The number of hydrogen-bond acceptors (Lipinski definition) is 6. The van der Waals surface area contributed by atoms with E-state index >= 15 is 0 Å². The van der Waals surface area contributed by atoms with E-state index in [1.807, 2.05) is 49.3 Å². The molecule has 2 atom stereocenters. The molecule has 0 saturated carbocycles. The number of carbonyl (C=O) groups is 1. The Morgan fingerprint density at radius 3 is 2.88 bits per heavy atom. The third-order valence-electron chi connectivity index (χ3n) is 5.94. The van der Waals surface area contributed by atoms with Gasteiger partial charge >= 0.3 is 0 Å². The molecule has 2 aromatic heterocycles. The van der Waals surface area contributed by atoms with Crippen molar-refractivity contribution in [2.45, 2.75) is 32.2 Å². The van der Waals surface area contributed by atoms with E-state index in [1.54, 1.807) is 15.8 Å². The minimum Gasteiger partial charge on any atom is -0.471 e. The molecule has 0 aliphatic carbocycles. The van der Waals surface area contributed by atoms with Gasteiger partial charge in [0.2, 0.25) is 6.23 Å². The molecule has 2 aliphatic heterocycles. The van der Waals surface area contributed by atoms with Crippen molar-refractivity contribution >= 4 is 28.2 Å². The first-order valence-electron chi connectivity index (χ1n) is 10.6. The number of benzene rings is 1. The molecule has 1 saturated heterocycles. The van der Waals surface area contributed by atoms with Gasteiger partial charge in [0.25, 0.3) is 5.91 Å². The fourth-order valence-electron chi connectivity index (χ4n) is 4.52. The normalized spacial score (nSPS) is 21.0. The Bertz CT molecular complexity index is 1220. The predicted octanol–water partition coefficient (Wildman–Crippen LogP) is 3.08. The largest absolute Gasteiger partial charge is 0.471 e. The molecule has 2 N–H and O–H groups in total. The number of piperidine rings is 1. The molecule has 5 rings (SSSR count). The van der Waals surface area contributed by atoms with Gasteiger partial charge in [-0.2, -0.15) is 5.10 Å². The first kappa shape index (κ1) is 20.3. The fraction of sp³-hybridized carbons (Fsp3) is 0.348. The Labute approximate surface area is 185 Å². The molecule has 4 heterocycles. The van der Waals surface area contributed by atoms with Crippen molar-refractivity contribution in [3.63, 3.8) is 0 Å². The summed E-state index contributed by atoms with van der Waals surface area (Å²) in [5, 5.41) is 5.43. The average Bonchev–Trinajstić information content (AvgIpc) is 3.35. The molecule has 9 heteroatoms. The molecule has 1 aromatic carbocycles. The lowest BCUT2D eigenvalue weighted by Crippen LogP contribution is -2.38. The van der Waals surface area contributed by atoms with E-state index in [-0.39, 0.29) is 12.2 Å². The van der Waals surface area contributed by atoms with E-state index < -0.39 is 18.3 Å². The second-order valence-electron chi connectivity index (χ2n) is 8.34. The van der Waals surface area contributed by atoms with Gasteiger partial charge in [-0.25, -0.2) is 4.39 Å². The first-order chi connectivity index (χ1) is 15.4. The van der Waals surface area contributed by atoms with Crippen LogP contribution in [0.2, 0.25) is 0 Å². The summed E-state index contributed by atoms with van der Waals surface area (Å²) in [5.41, 5.74) is 9.96. The molecule has 3 aromatic rings. The van der Waals surface area contributed by atoms with Crippen LogP contribution >= 0.6 is 0 Å². The summed E-state index contributed by atoms with van der Waals surface area (Å²) in [4.78, 5) is 20.4. The molecular weight excluding hydrogens is 411 g/mol. The highest BCUT2D eigenvalue weighted by Crippen LogP contribution is 2.44. The summed E-state index contributed by atoms with van der Waals surface area (Å²) >= 11 is 0. The summed E-state index contributed by atoms with van der Waals surface area (Å²) < 4.78 is 22.0. The van der Waals surface area contributed by atoms with Gasteiger partial charge in [-0.05, 0) is 44.0 Å². The van der Waals surface area contributed by atoms with Gasteiger partial charge in [-0.15, -0.1) is 0 Å². The van der Waals surface area contributed by atoms with Crippen LogP contribution < -0.4 is 15.5 Å². The molecule has 0 bridgehead atoms. The zero-order chi connectivity index (χ0) is 22.4. The lowest BCUT2D eigenvalue weighted by atomic mass is 10.1. The Kier molecular flexibility index (Phi) is 4.96. The highest BCUT2D eigenvalue weighted by Gasteiger charge is 2.36. The summed E-state index contributed by atoms with van der Waals surface area (Å²) in [6.07, 6.45) is 4.81. The lowest BCUT2D eigenvalue weighted by Gasteiger charge is -2.36. The number of nitrogens with two attached hydrogens (primary N) is 1. The number of primary amides is 1. The molecule has 1 amide bonds. The summed E-state index contributed by atoms with van der Waals surface area (Å²) in [6, 6.07) is 7.68. The Morgan fingerprint density at radius 1 is 1.28 bits per heavy atom. The van der Waals surface area contributed by atoms with Crippen molar-refractivity contribution in [3.8, 4) is 0 Å². The Hall–Kier alpha value is -3.62. The number of nitrogens with zero attached hydrogens (tertiary/aromatic N) is 5. The molecule has 1 fully saturated rings. The van der Waals surface area contributed by atoms with Crippen LogP contribution in [0.4, 0.5) is 15.8 Å². The molecule has 2 aliphatic rings. The molecule has 8 nitrogen and oxygen atoms in total. The second-order valence-corrected chi connectivity index (χ2v) is 8.34. The lowest BCUT2D eigenvalue weighted by molar-refractivity contribution is -0.114. The number of amides is 1. The summed E-state index contributed by atoms with van der Waals surface area (Å²) in [5.74, 6) is -0.600. The third-order valence-corrected chi connectivity index (χ3v) is 5.94. The van der Waals surface area contributed by atoms with Crippen LogP contribution in [0.25, 0.3) is 10.9 Å². The number of fused-ring (bicyclic) bond motifs is 1. The topological polar surface area (TPSA) is 89.5 Å². The van der Waals surface area contributed by atoms with E-state index in [9.17, 15) is 9.18 Å². The van der Waals surface area contributed by atoms with Crippen molar-refractivity contribution < 1.29 is 13.9 Å². The van der Waals surface area contributed by atoms with Gasteiger partial charge in [0.1, 0.15) is 18.1 Å². The smallest absolute Gasteiger partial charge is 0.268 e. The van der Waals surface area contributed by atoms with Gasteiger partial charge in [0.05, 0.1) is 16.9 Å². The van der Waals surface area contributed by atoms with Gasteiger partial charge in [0.15, 0.2) is 0 Å². The Balaban J connectivity index is 1.69. The monoisotopic (exact) mass is 436 g/mol. The molecule has 0 radical (unpaired) electrons. The number of rotatable bonds is 4. The molecule has 166 valence electrons. The number of alkyl halides is 1. The minimum atomic E-state index is -0.907. The number of aromatic nitrogens is 3. The summed E-state index contributed by atoms with van der Waals surface area (Å²) in [7, 11) is 1.86. The number of carbonyl (C=O) groups excluding carboxylic acids is 1. The highest BCUT2D eigenvalue weighted by molar-refractivity contribution is 6.00. The zero-order valence-corrected chi connectivity index (χ0v) is 18.0. The number of ether oxygens (including phenoxy) is 1. The Morgan fingerprint density at radius 2 is 2.12 bits per heavy atom. The van der Waals surface area contributed by atoms with E-state index in [2.05, 4.69) is 10.1 Å². The maximum atomic E-state index is 14.3. The van der Waals surface area contributed by atoms with Crippen molar-refractivity contribution in [2.75, 3.05) is 22.9 Å². The van der Waals surface area contributed by atoms with Gasteiger partial charge in [-0.3, -0.25) is 19.4 Å². The molecule has 2 unspecified atom stereocenters. The minimum absolute atomic E-state index is 0.239. The van der Waals surface area contributed by atoms with Crippen molar-refractivity contribution in [3.05, 3.63) is 59.9 Å². The number of pyridine rings is 1. The molecule has 0 spiro atoms. The predicted molar refractivity (Wildman–Crippen MR) is 120 cm³/mol. The van der Waals surface area contributed by atoms with Crippen LogP contribution in [0.1, 0.15) is 30.3 Å². The van der Waals surface area contributed by atoms with E-state index in [4.69, 9.17) is 10.5 Å². The fourth-order valence-corrected chi connectivity index (χ4v) is 4.52. The van der Waals surface area contributed by atoms with Gasteiger partial charge in [-0.1, -0.05) is 0 Å². The van der Waals surface area contributed by atoms with E-state index in [0.717, 1.165) is 46.5 Å². The highest BCUT2D eigenvalue weighted by atomic mass is 19.1. The SMILES string of the molecule is Cc1cc(C2OC=C(C(N)=O)N2c2cc3cn(C)nc3cc2N2CCCC(F)C2)ccn1. The number of hydrogen-bond donors (Lipinski definition) is 1. The zero-order valence-electron chi connectivity index (χ0n) is 18.0. The van der Waals surface area contributed by atoms with E-state index in [0.29, 0.717) is 6.42 Å². The van der Waals surface area contributed by atoms with Crippen LogP contribution in [0.15, 0.2) is 48.6 Å². The van der Waals surface area contributed by atoms with Crippen LogP contribution in [0.5, 0.6) is 0 Å². The van der Waals surface area contributed by atoms with Gasteiger partial charge < -0.3 is 15.4 Å². The maximum Gasteiger partial charge on any atom is 0.268 e. The van der Waals surface area contributed by atoms with E-state index in [1.165, 1.54) is 6.26 Å². The number of anilines is 2. The first-order valence-corrected chi connectivity index (χ1v) is 10.6. The third kappa shape index (κ3) is 3.53. The van der Waals surface area contributed by atoms with Crippen LogP contribution in [0.3, 0.4) is 0 Å². The second kappa shape index (κ2) is 7.81. The van der Waals surface area contributed by atoms with Crippen LogP contribution in [-0.4, -0.2) is 39.9 Å². The molecule has 32 heavy (non-hydrogen) atoms. The standard InChI is InChI=1S/C23H25FN6O2/c1-14-8-15(5-6-26-14)23-30(21(13-32-23)22(25)31)20-9-16-11-28(2)27-18(16)10-19(20)29-7-3-4-17(24)12-29/h5-6,8-11,13,17,23H,3-4,7,12H2,1-2H3,(H2,25,31). The molecular formula is C23H25FN6O2. The maximum absolute atomic E-state index is 14.3. The van der Waals surface area contributed by atoms with Crippen molar-refractivity contribution in [1.29, 1.82) is 0 Å². The summed E-state index contributed by atoms with van der Waals surface area (Å²) in [6.45, 7) is 2.90. The van der Waals surface area contributed by atoms with Crippen molar-refractivity contribution in [1.82, 2.24) is 14.8 Å². The van der Waals surface area contributed by atoms with Gasteiger partial charge in [0, 0.05) is 49.2 Å². The number of aryl methyl sites for hydroxylation is 2. The van der Waals surface area contributed by atoms with Crippen molar-refractivity contribution in [2.24, 2.45) is 12.8 Å². The average molecular weight is 436 g/mol. The van der Waals surface area contributed by atoms with Crippen LogP contribution in [0, 0.1) is 6.92 Å². The number of halogens is 1. The van der Waals surface area contributed by atoms with Crippen LogP contribution in [-0.2, 0) is 16.6 Å².